The van der Waals surface area contributed by atoms with E-state index in [0.717, 1.165) is 41.5 Å². The summed E-state index contributed by atoms with van der Waals surface area (Å²) in [6, 6.07) is 28.3. The van der Waals surface area contributed by atoms with Gasteiger partial charge in [-0.2, -0.15) is 11.8 Å². The molecule has 0 radical (unpaired) electrons. The number of carboxylic acid groups (broad SMARTS) is 1. The number of rotatable bonds is 10. The Morgan fingerprint density at radius 3 is 2.38 bits per heavy atom. The van der Waals surface area contributed by atoms with E-state index >= 15 is 0 Å². The van der Waals surface area contributed by atoms with Crippen molar-refractivity contribution in [3.8, 4) is 22.3 Å². The van der Waals surface area contributed by atoms with Crippen LogP contribution in [0.3, 0.4) is 0 Å². The maximum absolute atomic E-state index is 13.4. The molecule has 1 atom stereocenters. The Kier molecular flexibility index (Phi) is 9.98. The van der Waals surface area contributed by atoms with Crippen molar-refractivity contribution in [2.45, 2.75) is 38.6 Å². The van der Waals surface area contributed by atoms with E-state index in [1.165, 1.54) is 27.8 Å². The average molecular weight is 544 g/mol. The molecule has 2 N–H and O–H groups in total. The van der Waals surface area contributed by atoms with Crippen LogP contribution in [0.2, 0.25) is 0 Å². The van der Waals surface area contributed by atoms with Crippen LogP contribution < -0.4 is 24.2 Å². The van der Waals surface area contributed by atoms with Crippen molar-refractivity contribution < 1.29 is 35.0 Å². The predicted octanol–water partition coefficient (Wildman–Crippen LogP) is 4.07. The zero-order valence-electron chi connectivity index (χ0n) is 24.4. The van der Waals surface area contributed by atoms with E-state index in [-0.39, 0.29) is 26.2 Å². The predicted molar refractivity (Wildman–Crippen MR) is 162 cm³/mol. The number of carbonyl (C=O) groups is 2. The second-order valence-corrected chi connectivity index (χ2v) is 11.1. The molecule has 4 nitrogen and oxygen atoms in total. The number of aliphatic carboxylic acids is 1. The van der Waals surface area contributed by atoms with Crippen LogP contribution in [0.1, 0.15) is 46.0 Å². The molecule has 0 aromatic heterocycles. The molecule has 0 bridgehead atoms. The third kappa shape index (κ3) is 6.39. The molecule has 1 amide bonds. The molecule has 4 aromatic rings. The summed E-state index contributed by atoms with van der Waals surface area (Å²) in [4.78, 5) is 25.2. The van der Waals surface area contributed by atoms with Gasteiger partial charge in [-0.1, -0.05) is 78.9 Å². The standard InChI is InChI=1S/C34H33NO3S.Li.H/c1-22-8-3-5-12-27(22)30-20-23(15-17-29(30)33(36)35-31(34(37)38)18-19-39-2)14-16-24-10-7-11-26-21-25-9-4-6-13-28(25)32(24)26;;/h3-13,15,17,20,31H,14,16,18-19,21H2,1-2H3,(H,35,36)(H,37,38);;/q;+1;-1/t31-;;/m0../s1. The molecule has 0 saturated heterocycles. The number of benzene rings is 4. The first-order valence-corrected chi connectivity index (χ1v) is 14.8. The van der Waals surface area contributed by atoms with E-state index in [4.69, 9.17) is 0 Å². The molecule has 1 aliphatic rings. The van der Waals surface area contributed by atoms with Crippen molar-refractivity contribution in [1.82, 2.24) is 5.32 Å². The third-order valence-electron chi connectivity index (χ3n) is 7.57. The Hall–Kier alpha value is -3.23. The Balaban J connectivity index is 0.00000231. The van der Waals surface area contributed by atoms with Crippen LogP contribution in [0.4, 0.5) is 0 Å². The fourth-order valence-corrected chi connectivity index (χ4v) is 6.00. The largest absolute Gasteiger partial charge is 1.00 e. The molecule has 1 aliphatic carbocycles. The molecule has 0 fully saturated rings. The third-order valence-corrected chi connectivity index (χ3v) is 8.21. The van der Waals surface area contributed by atoms with Gasteiger partial charge in [-0.05, 0) is 101 Å². The van der Waals surface area contributed by atoms with Crippen molar-refractivity contribution in [3.63, 3.8) is 0 Å². The molecule has 0 spiro atoms. The number of hydrogen-bond acceptors (Lipinski definition) is 3. The Labute approximate surface area is 254 Å². The fraction of sp³-hybridized carbons (Fsp3) is 0.235. The minimum atomic E-state index is -1.01. The first-order chi connectivity index (χ1) is 19.0. The molecule has 200 valence electrons. The van der Waals surface area contributed by atoms with E-state index < -0.39 is 12.0 Å². The van der Waals surface area contributed by atoms with Gasteiger partial charge in [0.2, 0.25) is 0 Å². The summed E-state index contributed by atoms with van der Waals surface area (Å²) in [5.41, 5.74) is 11.3. The molecule has 5 rings (SSSR count). The number of aryl methyl sites for hydroxylation is 3. The van der Waals surface area contributed by atoms with Crippen LogP contribution in [0.15, 0.2) is 84.9 Å². The summed E-state index contributed by atoms with van der Waals surface area (Å²) in [6.07, 6.45) is 5.02. The Morgan fingerprint density at radius 1 is 0.900 bits per heavy atom. The number of thioether (sulfide) groups is 1. The number of carboxylic acids is 1. The van der Waals surface area contributed by atoms with E-state index in [9.17, 15) is 14.7 Å². The molecule has 0 heterocycles. The number of hydrogen-bond donors (Lipinski definition) is 2. The van der Waals surface area contributed by atoms with Crippen LogP contribution in [0.25, 0.3) is 22.3 Å². The minimum Gasteiger partial charge on any atom is -1.00 e. The van der Waals surface area contributed by atoms with Gasteiger partial charge < -0.3 is 11.8 Å². The first-order valence-electron chi connectivity index (χ1n) is 13.4. The van der Waals surface area contributed by atoms with E-state index in [1.54, 1.807) is 11.8 Å². The van der Waals surface area contributed by atoms with E-state index in [0.29, 0.717) is 17.7 Å². The first kappa shape index (κ1) is 29.7. The summed E-state index contributed by atoms with van der Waals surface area (Å²) in [5, 5.41) is 12.4. The second kappa shape index (κ2) is 13.4. The van der Waals surface area contributed by atoms with Gasteiger partial charge in [0.25, 0.3) is 5.91 Å². The normalized spacial score (nSPS) is 12.2. The van der Waals surface area contributed by atoms with Gasteiger partial charge in [0, 0.05) is 5.56 Å². The number of nitrogens with one attached hydrogen (secondary N) is 1. The molecule has 0 aliphatic heterocycles. The molecule has 0 saturated carbocycles. The van der Waals surface area contributed by atoms with Crippen molar-refractivity contribution in [1.29, 1.82) is 0 Å². The van der Waals surface area contributed by atoms with Crippen LogP contribution in [-0.4, -0.2) is 35.0 Å². The van der Waals surface area contributed by atoms with Crippen molar-refractivity contribution in [2.24, 2.45) is 0 Å². The zero-order chi connectivity index (χ0) is 27.4. The molecule has 4 aromatic carbocycles. The van der Waals surface area contributed by atoms with Crippen molar-refractivity contribution in [3.05, 3.63) is 118 Å². The average Bonchev–Trinajstić information content (AvgIpc) is 3.33. The SMILES string of the molecule is CSCC[C@H](NC(=O)c1ccc(CCc2cccc3c2-c2ccccc2C3)cc1-c1ccccc1C)C(=O)O.[H-].[Li+]. The van der Waals surface area contributed by atoms with Gasteiger partial charge in [-0.15, -0.1) is 0 Å². The number of carbonyl (C=O) groups excluding carboxylic acids is 1. The monoisotopic (exact) mass is 543 g/mol. The summed E-state index contributed by atoms with van der Waals surface area (Å²) in [5.74, 6) is -0.705. The second-order valence-electron chi connectivity index (χ2n) is 10.1. The van der Waals surface area contributed by atoms with Gasteiger partial charge in [-0.3, -0.25) is 4.79 Å². The Morgan fingerprint density at radius 2 is 1.62 bits per heavy atom. The molecular weight excluding hydrogens is 509 g/mol. The zero-order valence-corrected chi connectivity index (χ0v) is 24.2. The minimum absolute atomic E-state index is 0. The maximum atomic E-state index is 13.4. The van der Waals surface area contributed by atoms with Crippen LogP contribution in [0.5, 0.6) is 0 Å². The topological polar surface area (TPSA) is 66.4 Å². The smallest absolute Gasteiger partial charge is 1.00 e. The molecular formula is C34H34LiNO3S. The molecule has 0 unspecified atom stereocenters. The fourth-order valence-electron chi connectivity index (χ4n) is 5.53. The molecule has 40 heavy (non-hydrogen) atoms. The number of fused-ring (bicyclic) bond motifs is 3. The Bertz CT molecular complexity index is 1540. The van der Waals surface area contributed by atoms with Gasteiger partial charge in [0.1, 0.15) is 6.04 Å². The van der Waals surface area contributed by atoms with Crippen molar-refractivity contribution >= 4 is 23.6 Å². The van der Waals surface area contributed by atoms with Gasteiger partial charge >= 0.3 is 24.8 Å². The molecule has 6 heteroatoms. The van der Waals surface area contributed by atoms with Gasteiger partial charge in [-0.25, -0.2) is 4.79 Å². The van der Waals surface area contributed by atoms with Crippen molar-refractivity contribution in [2.75, 3.05) is 12.0 Å². The summed E-state index contributed by atoms with van der Waals surface area (Å²) >= 11 is 1.57. The van der Waals surface area contributed by atoms with Crippen LogP contribution >= 0.6 is 11.8 Å². The summed E-state index contributed by atoms with van der Waals surface area (Å²) in [7, 11) is 0. The quantitative estimate of drug-likeness (QED) is 0.261. The summed E-state index contributed by atoms with van der Waals surface area (Å²) in [6.45, 7) is 2.03. The van der Waals surface area contributed by atoms with Gasteiger partial charge in [0.05, 0.1) is 0 Å². The van der Waals surface area contributed by atoms with Gasteiger partial charge in [0.15, 0.2) is 0 Å². The summed E-state index contributed by atoms with van der Waals surface area (Å²) < 4.78 is 0. The number of amides is 1. The maximum Gasteiger partial charge on any atom is 1.00 e. The van der Waals surface area contributed by atoms with E-state index in [2.05, 4.69) is 53.8 Å². The van der Waals surface area contributed by atoms with Crippen LogP contribution in [0, 0.1) is 6.92 Å². The van der Waals surface area contributed by atoms with E-state index in [1.807, 2.05) is 49.6 Å². The van der Waals surface area contributed by atoms with Crippen LogP contribution in [-0.2, 0) is 24.1 Å².